The Labute approximate surface area is 172 Å². The van der Waals surface area contributed by atoms with E-state index in [-0.39, 0.29) is 17.9 Å². The number of hydrogen-bond donors (Lipinski definition) is 2. The van der Waals surface area contributed by atoms with Crippen LogP contribution < -0.4 is 10.9 Å². The van der Waals surface area contributed by atoms with Gasteiger partial charge in [-0.1, -0.05) is 65.8 Å². The highest BCUT2D eigenvalue weighted by atomic mass is 35.5. The lowest BCUT2D eigenvalue weighted by Crippen LogP contribution is -2.28. The number of H-pyrrole nitrogens is 1. The van der Waals surface area contributed by atoms with Crippen LogP contribution in [0.25, 0.3) is 0 Å². The lowest BCUT2D eigenvalue weighted by Gasteiger charge is -2.08. The Balaban J connectivity index is 1.61. The van der Waals surface area contributed by atoms with Crippen molar-refractivity contribution < 1.29 is 4.79 Å². The third-order valence-electron chi connectivity index (χ3n) is 4.13. The van der Waals surface area contributed by atoms with E-state index in [2.05, 4.69) is 15.3 Å². The monoisotopic (exact) mass is 413 g/mol. The van der Waals surface area contributed by atoms with E-state index in [1.54, 1.807) is 6.92 Å². The molecule has 0 radical (unpaired) electrons. The Kier molecular flexibility index (Phi) is 6.90. The van der Waals surface area contributed by atoms with Gasteiger partial charge in [0.15, 0.2) is 5.16 Å². The second-order valence-corrected chi connectivity index (χ2v) is 7.69. The van der Waals surface area contributed by atoms with Gasteiger partial charge in [-0.2, -0.15) is 0 Å². The maximum atomic E-state index is 12.4. The van der Waals surface area contributed by atoms with E-state index >= 15 is 0 Å². The van der Waals surface area contributed by atoms with Crippen LogP contribution in [-0.4, -0.2) is 15.9 Å². The molecule has 3 aromatic rings. The van der Waals surface area contributed by atoms with Gasteiger partial charge in [-0.05, 0) is 30.2 Å². The normalized spacial score (nSPS) is 10.6. The number of aryl methyl sites for hydroxylation is 1. The molecule has 2 aromatic carbocycles. The number of aromatic amines is 1. The number of thioether (sulfide) groups is 1. The minimum atomic E-state index is -0.282. The first-order valence-corrected chi connectivity index (χ1v) is 10.2. The van der Waals surface area contributed by atoms with E-state index < -0.39 is 0 Å². The summed E-state index contributed by atoms with van der Waals surface area (Å²) in [7, 11) is 0. The van der Waals surface area contributed by atoms with Crippen LogP contribution in [-0.2, 0) is 23.5 Å². The molecule has 0 saturated heterocycles. The van der Waals surface area contributed by atoms with Crippen molar-refractivity contribution >= 4 is 29.3 Å². The molecule has 0 aliphatic carbocycles. The van der Waals surface area contributed by atoms with Crippen LogP contribution >= 0.6 is 23.4 Å². The van der Waals surface area contributed by atoms with Crippen LogP contribution in [0.15, 0.2) is 64.5 Å². The van der Waals surface area contributed by atoms with Crippen LogP contribution in [0.2, 0.25) is 5.02 Å². The quantitative estimate of drug-likeness (QED) is 0.455. The van der Waals surface area contributed by atoms with Gasteiger partial charge in [-0.25, -0.2) is 4.98 Å². The van der Waals surface area contributed by atoms with Gasteiger partial charge >= 0.3 is 0 Å². The lowest BCUT2D eigenvalue weighted by molar-refractivity contribution is -0.120. The molecule has 3 rings (SSSR count). The van der Waals surface area contributed by atoms with E-state index in [0.29, 0.717) is 33.7 Å². The minimum absolute atomic E-state index is 0.000238. The number of aromatic nitrogens is 2. The number of carbonyl (C=O) groups excluding carboxylic acids is 1. The molecule has 7 heteroatoms. The number of nitrogens with zero attached hydrogens (tertiary/aromatic N) is 1. The summed E-state index contributed by atoms with van der Waals surface area (Å²) in [4.78, 5) is 31.8. The molecule has 2 N–H and O–H groups in total. The molecule has 1 aromatic heterocycles. The third kappa shape index (κ3) is 5.71. The van der Waals surface area contributed by atoms with Gasteiger partial charge in [0.2, 0.25) is 5.91 Å². The molecule has 0 bridgehead atoms. The molecule has 0 saturated carbocycles. The smallest absolute Gasteiger partial charge is 0.255 e. The Bertz CT molecular complexity index is 1020. The summed E-state index contributed by atoms with van der Waals surface area (Å²) in [5.74, 6) is 0.429. The zero-order chi connectivity index (χ0) is 19.9. The van der Waals surface area contributed by atoms with Crippen molar-refractivity contribution in [1.29, 1.82) is 0 Å². The number of nitrogens with one attached hydrogen (secondary N) is 2. The predicted molar refractivity (Wildman–Crippen MR) is 113 cm³/mol. The van der Waals surface area contributed by atoms with Crippen molar-refractivity contribution in [3.63, 3.8) is 0 Å². The summed E-state index contributed by atoms with van der Waals surface area (Å²) < 4.78 is 0. The molecular formula is C21H20ClN3O2S. The SMILES string of the molecule is Cc1nc(SCc2cccc(Cl)c2)[nH]c(=O)c1CC(=O)NCc1ccccc1. The van der Waals surface area contributed by atoms with Gasteiger partial charge in [0.25, 0.3) is 5.56 Å². The van der Waals surface area contributed by atoms with Gasteiger partial charge in [-0.3, -0.25) is 9.59 Å². The van der Waals surface area contributed by atoms with Crippen molar-refractivity contribution in [2.24, 2.45) is 0 Å². The number of halogens is 1. The van der Waals surface area contributed by atoms with Gasteiger partial charge < -0.3 is 10.3 Å². The molecule has 5 nitrogen and oxygen atoms in total. The first kappa shape index (κ1) is 20.2. The van der Waals surface area contributed by atoms with Crippen molar-refractivity contribution in [2.45, 2.75) is 30.8 Å². The first-order valence-electron chi connectivity index (χ1n) is 8.79. The first-order chi connectivity index (χ1) is 13.5. The summed E-state index contributed by atoms with van der Waals surface area (Å²) in [6, 6.07) is 17.2. The zero-order valence-corrected chi connectivity index (χ0v) is 16.9. The maximum Gasteiger partial charge on any atom is 0.255 e. The summed E-state index contributed by atoms with van der Waals surface area (Å²) in [5.41, 5.74) is 2.72. The Morgan fingerprint density at radius 2 is 1.89 bits per heavy atom. The second kappa shape index (κ2) is 9.57. The molecule has 144 valence electrons. The molecule has 0 unspecified atom stereocenters. The van der Waals surface area contributed by atoms with Crippen molar-refractivity contribution in [2.75, 3.05) is 0 Å². The van der Waals surface area contributed by atoms with Crippen molar-refractivity contribution in [1.82, 2.24) is 15.3 Å². The summed E-state index contributed by atoms with van der Waals surface area (Å²) in [5, 5.41) is 4.03. The standard InChI is InChI=1S/C21H20ClN3O2S/c1-14-18(11-19(26)23-12-15-6-3-2-4-7-15)20(27)25-21(24-14)28-13-16-8-5-9-17(22)10-16/h2-10H,11-13H2,1H3,(H,23,26)(H,24,25,27). The predicted octanol–water partition coefficient (Wildman–Crippen LogP) is 3.88. The van der Waals surface area contributed by atoms with E-state index in [9.17, 15) is 9.59 Å². The lowest BCUT2D eigenvalue weighted by atomic mass is 10.1. The van der Waals surface area contributed by atoms with Gasteiger partial charge in [0.05, 0.1) is 6.42 Å². The Morgan fingerprint density at radius 1 is 1.14 bits per heavy atom. The van der Waals surface area contributed by atoms with E-state index in [0.717, 1.165) is 11.1 Å². The highest BCUT2D eigenvalue weighted by Gasteiger charge is 2.13. The molecule has 1 heterocycles. The Morgan fingerprint density at radius 3 is 2.61 bits per heavy atom. The molecule has 28 heavy (non-hydrogen) atoms. The zero-order valence-electron chi connectivity index (χ0n) is 15.4. The molecule has 0 fully saturated rings. The summed E-state index contributed by atoms with van der Waals surface area (Å²) in [6.07, 6.45) is 0.000238. The van der Waals surface area contributed by atoms with Crippen LogP contribution in [0, 0.1) is 6.92 Å². The van der Waals surface area contributed by atoms with Gasteiger partial charge in [0, 0.05) is 28.6 Å². The summed E-state index contributed by atoms with van der Waals surface area (Å²) in [6.45, 7) is 2.18. The van der Waals surface area contributed by atoms with E-state index in [1.807, 2.05) is 54.6 Å². The molecular weight excluding hydrogens is 394 g/mol. The van der Waals surface area contributed by atoms with Crippen LogP contribution in [0.4, 0.5) is 0 Å². The average molecular weight is 414 g/mol. The minimum Gasteiger partial charge on any atom is -0.352 e. The van der Waals surface area contributed by atoms with Crippen LogP contribution in [0.5, 0.6) is 0 Å². The fraction of sp³-hybridized carbons (Fsp3) is 0.190. The van der Waals surface area contributed by atoms with Crippen molar-refractivity contribution in [3.05, 3.63) is 92.4 Å². The highest BCUT2D eigenvalue weighted by molar-refractivity contribution is 7.98. The summed E-state index contributed by atoms with van der Waals surface area (Å²) >= 11 is 7.41. The Hall–Kier alpha value is -2.57. The molecule has 0 aliphatic rings. The largest absolute Gasteiger partial charge is 0.352 e. The number of amides is 1. The second-order valence-electron chi connectivity index (χ2n) is 6.29. The topological polar surface area (TPSA) is 74.8 Å². The van der Waals surface area contributed by atoms with E-state index in [1.165, 1.54) is 11.8 Å². The number of carbonyl (C=O) groups is 1. The van der Waals surface area contributed by atoms with Crippen molar-refractivity contribution in [3.8, 4) is 0 Å². The van der Waals surface area contributed by atoms with Crippen LogP contribution in [0.3, 0.4) is 0 Å². The van der Waals surface area contributed by atoms with Gasteiger partial charge in [-0.15, -0.1) is 0 Å². The third-order valence-corrected chi connectivity index (χ3v) is 5.31. The van der Waals surface area contributed by atoms with E-state index in [4.69, 9.17) is 11.6 Å². The number of benzene rings is 2. The average Bonchev–Trinajstić information content (AvgIpc) is 2.68. The molecule has 1 amide bonds. The van der Waals surface area contributed by atoms with Gasteiger partial charge in [0.1, 0.15) is 0 Å². The van der Waals surface area contributed by atoms with Crippen LogP contribution in [0.1, 0.15) is 22.4 Å². The highest BCUT2D eigenvalue weighted by Crippen LogP contribution is 2.21. The molecule has 0 atom stereocenters. The maximum absolute atomic E-state index is 12.4. The number of hydrogen-bond acceptors (Lipinski definition) is 4. The molecule has 0 aliphatic heterocycles. The number of rotatable bonds is 7. The fourth-order valence-corrected chi connectivity index (χ4v) is 3.72. The fourth-order valence-electron chi connectivity index (χ4n) is 2.66. The molecule has 0 spiro atoms.